The maximum absolute atomic E-state index is 5.14. The molecule has 2 heterocycles. The van der Waals surface area contributed by atoms with E-state index in [9.17, 15) is 0 Å². The second-order valence-electron chi connectivity index (χ2n) is 1.73. The smallest absolute Gasteiger partial charge is 0.140 e. The lowest BCUT2D eigenvalue weighted by atomic mass is 10.4. The molecule has 0 aromatic carbocycles. The molecule has 0 aliphatic rings. The van der Waals surface area contributed by atoms with Crippen LogP contribution in [-0.4, -0.2) is 0 Å². The van der Waals surface area contributed by atoms with Crippen LogP contribution in [0.2, 0.25) is 0 Å². The molecule has 0 amide bonds. The first-order valence-electron chi connectivity index (χ1n) is 2.37. The second kappa shape index (κ2) is 1.20. The van der Waals surface area contributed by atoms with Crippen LogP contribution in [0.4, 0.5) is 0 Å². The third kappa shape index (κ3) is 0.383. The molecule has 0 atom stereocenters. The Balaban J connectivity index is 3.02. The number of benzene rings is 1. The lowest BCUT2D eigenvalue weighted by Crippen LogP contribution is -1.53. The molecule has 0 fully saturated rings. The first-order valence-corrected chi connectivity index (χ1v) is 2.82. The predicted octanol–water partition coefficient (Wildman–Crippen LogP) is 2.16. The number of furan rings is 2. The maximum atomic E-state index is 5.14. The fraction of sp³-hybridized carbons (Fsp3) is 0. The van der Waals surface area contributed by atoms with E-state index in [1.807, 2.05) is 18.2 Å². The zero-order valence-electron chi connectivity index (χ0n) is 4.09. The number of hydrogen-bond acceptors (Lipinski definition) is 2. The van der Waals surface area contributed by atoms with Crippen LogP contribution < -0.4 is 0 Å². The molecule has 2 bridgehead atoms. The van der Waals surface area contributed by atoms with Crippen molar-refractivity contribution in [1.82, 2.24) is 0 Å². The summed E-state index contributed by atoms with van der Waals surface area (Å²) in [5.41, 5.74) is 1.79. The average Bonchev–Trinajstić information content (AvgIpc) is 2.23. The molecule has 0 spiro atoms. The molecule has 1 nitrogen and oxygen atoms in total. The van der Waals surface area contributed by atoms with Gasteiger partial charge in [0, 0.05) is 0 Å². The molecule has 40 valence electrons. The van der Waals surface area contributed by atoms with E-state index in [4.69, 9.17) is 4.42 Å². The van der Waals surface area contributed by atoms with E-state index in [0.29, 0.717) is 0 Å². The second-order valence-corrected chi connectivity index (χ2v) is 2.21. The zero-order chi connectivity index (χ0) is 5.56. The largest absolute Gasteiger partial charge is 0.456 e. The molecule has 2 aromatic rings. The Labute approximate surface area is 52.0 Å². The number of hydrogen-bond donors (Lipinski definition) is 1. The van der Waals surface area contributed by atoms with Crippen LogP contribution in [0.5, 0.6) is 0 Å². The monoisotopic (exact) mass is 124 g/mol. The lowest BCUT2D eigenvalue weighted by Gasteiger charge is -1.75. The van der Waals surface area contributed by atoms with Gasteiger partial charge in [0.05, 0.1) is 4.90 Å². The Morgan fingerprint density at radius 2 is 2.25 bits per heavy atom. The Morgan fingerprint density at radius 3 is 2.50 bits per heavy atom. The minimum atomic E-state index is 0.878. The SMILES string of the molecule is Sc1cc2ccc1o2. The van der Waals surface area contributed by atoms with Gasteiger partial charge in [-0.2, -0.15) is 0 Å². The Bertz CT molecular complexity index is 286. The van der Waals surface area contributed by atoms with Gasteiger partial charge in [-0.25, -0.2) is 0 Å². The summed E-state index contributed by atoms with van der Waals surface area (Å²) in [6.07, 6.45) is 0. The normalized spacial score (nSPS) is 11.1. The van der Waals surface area contributed by atoms with Crippen LogP contribution in [0, 0.1) is 0 Å². The quantitative estimate of drug-likeness (QED) is 0.531. The molecule has 0 saturated carbocycles. The van der Waals surface area contributed by atoms with Gasteiger partial charge in [0.15, 0.2) is 0 Å². The lowest BCUT2D eigenvalue weighted by molar-refractivity contribution is 0.671. The third-order valence-corrected chi connectivity index (χ3v) is 1.51. The first kappa shape index (κ1) is 4.27. The Kier molecular flexibility index (Phi) is 0.641. The zero-order valence-corrected chi connectivity index (χ0v) is 4.98. The molecular formula is C6H4OS. The van der Waals surface area contributed by atoms with E-state index in [1.54, 1.807) is 0 Å². The number of rotatable bonds is 0. The summed E-state index contributed by atoms with van der Waals surface area (Å²) in [6.45, 7) is 0. The van der Waals surface area contributed by atoms with Crippen molar-refractivity contribution in [1.29, 1.82) is 0 Å². The first-order chi connectivity index (χ1) is 3.86. The van der Waals surface area contributed by atoms with Gasteiger partial charge in [-0.05, 0) is 18.2 Å². The van der Waals surface area contributed by atoms with Gasteiger partial charge in [0.1, 0.15) is 11.2 Å². The van der Waals surface area contributed by atoms with Crippen LogP contribution in [0.25, 0.3) is 11.2 Å². The minimum absolute atomic E-state index is 0.878. The number of thiol groups is 1. The standard InChI is InChI=1S/C6H4OS/c8-6-3-4-1-2-5(6)7-4/h1-3,8H. The summed E-state index contributed by atoms with van der Waals surface area (Å²) in [5, 5.41) is 0. The molecule has 0 unspecified atom stereocenters. The van der Waals surface area contributed by atoms with Crippen molar-refractivity contribution >= 4 is 23.8 Å². The summed E-state index contributed by atoms with van der Waals surface area (Å²) in [5.74, 6) is 0. The highest BCUT2D eigenvalue weighted by molar-refractivity contribution is 7.80. The van der Waals surface area contributed by atoms with Gasteiger partial charge in [-0.1, -0.05) is 0 Å². The Morgan fingerprint density at radius 1 is 1.38 bits per heavy atom. The van der Waals surface area contributed by atoms with Crippen LogP contribution >= 0.6 is 12.6 Å². The van der Waals surface area contributed by atoms with E-state index in [0.717, 1.165) is 16.1 Å². The minimum Gasteiger partial charge on any atom is -0.456 e. The van der Waals surface area contributed by atoms with Crippen LogP contribution in [0.3, 0.4) is 0 Å². The molecule has 2 aromatic heterocycles. The highest BCUT2D eigenvalue weighted by Gasteiger charge is 2.00. The summed E-state index contributed by atoms with van der Waals surface area (Å²) in [6, 6.07) is 5.74. The molecule has 0 aliphatic heterocycles. The van der Waals surface area contributed by atoms with Crippen molar-refractivity contribution in [3.05, 3.63) is 18.2 Å². The van der Waals surface area contributed by atoms with Crippen molar-refractivity contribution in [3.63, 3.8) is 0 Å². The van der Waals surface area contributed by atoms with Gasteiger partial charge >= 0.3 is 0 Å². The summed E-state index contributed by atoms with van der Waals surface area (Å²) in [7, 11) is 0. The highest BCUT2D eigenvalue weighted by atomic mass is 32.1. The van der Waals surface area contributed by atoms with Gasteiger partial charge in [-0.3, -0.25) is 0 Å². The molecule has 0 radical (unpaired) electrons. The van der Waals surface area contributed by atoms with Crippen molar-refractivity contribution in [2.45, 2.75) is 4.90 Å². The summed E-state index contributed by atoms with van der Waals surface area (Å²) < 4.78 is 5.14. The van der Waals surface area contributed by atoms with Gasteiger partial charge < -0.3 is 4.42 Å². The average molecular weight is 124 g/mol. The van der Waals surface area contributed by atoms with Crippen molar-refractivity contribution < 1.29 is 4.42 Å². The number of fused-ring (bicyclic) bond motifs is 2. The molecule has 2 rings (SSSR count). The van der Waals surface area contributed by atoms with Crippen LogP contribution in [0.15, 0.2) is 27.5 Å². The fourth-order valence-electron chi connectivity index (χ4n) is 0.774. The summed E-state index contributed by atoms with van der Waals surface area (Å²) >= 11 is 4.12. The van der Waals surface area contributed by atoms with E-state index < -0.39 is 0 Å². The fourth-order valence-corrected chi connectivity index (χ4v) is 1.02. The van der Waals surface area contributed by atoms with Crippen molar-refractivity contribution in [2.24, 2.45) is 0 Å². The van der Waals surface area contributed by atoms with Crippen molar-refractivity contribution in [3.8, 4) is 0 Å². The molecule has 0 N–H and O–H groups in total. The van der Waals surface area contributed by atoms with E-state index >= 15 is 0 Å². The molecule has 2 heteroatoms. The van der Waals surface area contributed by atoms with E-state index in [1.165, 1.54) is 0 Å². The van der Waals surface area contributed by atoms with Crippen LogP contribution in [0.1, 0.15) is 0 Å². The van der Waals surface area contributed by atoms with Gasteiger partial charge in [0.2, 0.25) is 0 Å². The van der Waals surface area contributed by atoms with E-state index in [2.05, 4.69) is 12.6 Å². The van der Waals surface area contributed by atoms with Crippen LogP contribution in [-0.2, 0) is 0 Å². The molecule has 8 heavy (non-hydrogen) atoms. The van der Waals surface area contributed by atoms with Crippen molar-refractivity contribution in [2.75, 3.05) is 0 Å². The molecule has 0 saturated heterocycles. The molecular weight excluding hydrogens is 120 g/mol. The third-order valence-electron chi connectivity index (χ3n) is 1.16. The van der Waals surface area contributed by atoms with Gasteiger partial charge in [0.25, 0.3) is 0 Å². The topological polar surface area (TPSA) is 13.1 Å². The summed E-state index contributed by atoms with van der Waals surface area (Å²) in [4.78, 5) is 0.933. The maximum Gasteiger partial charge on any atom is 0.140 e. The molecule has 0 aliphatic carbocycles. The Hall–Kier alpha value is -0.630. The van der Waals surface area contributed by atoms with Gasteiger partial charge in [-0.15, -0.1) is 12.6 Å². The predicted molar refractivity (Wildman–Crippen MR) is 34.7 cm³/mol. The highest BCUT2D eigenvalue weighted by Crippen LogP contribution is 2.24. The van der Waals surface area contributed by atoms with E-state index in [-0.39, 0.29) is 0 Å².